The Morgan fingerprint density at radius 1 is 0.824 bits per heavy atom. The van der Waals surface area contributed by atoms with Crippen molar-refractivity contribution in [3.8, 4) is 0 Å². The molecule has 1 N–H and O–H groups in total. The molecule has 0 aliphatic heterocycles. The second kappa shape index (κ2) is 4.98. The second-order valence-corrected chi connectivity index (χ2v) is 5.22. The van der Waals surface area contributed by atoms with E-state index in [1.54, 1.807) is 0 Å². The second-order valence-electron chi connectivity index (χ2n) is 5.22. The van der Waals surface area contributed by atoms with Crippen LogP contribution in [0, 0.1) is 0 Å². The molecule has 0 radical (unpaired) electrons. The van der Waals surface area contributed by atoms with Gasteiger partial charge in [-0.15, -0.1) is 10.2 Å². The maximum absolute atomic E-state index is 4.62. The Balaban J connectivity index is 1.70. The number of anilines is 1. The van der Waals surface area contributed by atoms with Crippen LogP contribution < -0.4 is 5.32 Å². The number of aryl methyl sites for hydroxylation is 2. The highest BCUT2D eigenvalue weighted by Crippen LogP contribution is 2.21. The third kappa shape index (κ3) is 2.56. The lowest BCUT2D eigenvalue weighted by Gasteiger charge is -2.23. The summed E-state index contributed by atoms with van der Waals surface area (Å²) in [5.74, 6) is 0.748. The van der Waals surface area contributed by atoms with Crippen molar-refractivity contribution >= 4 is 5.95 Å². The van der Waals surface area contributed by atoms with Crippen molar-refractivity contribution in [3.63, 3.8) is 0 Å². The highest BCUT2D eigenvalue weighted by molar-refractivity contribution is 5.28. The van der Waals surface area contributed by atoms with Crippen molar-refractivity contribution in [2.24, 2.45) is 0 Å². The van der Waals surface area contributed by atoms with Crippen LogP contribution in [0.2, 0.25) is 0 Å². The summed E-state index contributed by atoms with van der Waals surface area (Å²) in [5, 5.41) is 12.0. The normalized spacial score (nSPS) is 20.9. The molecule has 4 nitrogen and oxygen atoms in total. The molecule has 0 aromatic carbocycles. The number of hydrogen-bond donors (Lipinski definition) is 1. The van der Waals surface area contributed by atoms with E-state index in [0.717, 1.165) is 24.5 Å². The minimum atomic E-state index is 0.562. The first kappa shape index (κ1) is 10.9. The summed E-state index contributed by atoms with van der Waals surface area (Å²) in [6.45, 7) is 0. The summed E-state index contributed by atoms with van der Waals surface area (Å²) < 4.78 is 0. The molecule has 1 aromatic heterocycles. The first-order valence-corrected chi connectivity index (χ1v) is 6.91. The average Bonchev–Trinajstić information content (AvgIpc) is 2.40. The van der Waals surface area contributed by atoms with Gasteiger partial charge in [-0.1, -0.05) is 19.3 Å². The fourth-order valence-corrected chi connectivity index (χ4v) is 2.85. The molecular formula is C13H20N4. The van der Waals surface area contributed by atoms with Gasteiger partial charge in [0.2, 0.25) is 5.95 Å². The monoisotopic (exact) mass is 232 g/mol. The van der Waals surface area contributed by atoms with E-state index in [0.29, 0.717) is 6.04 Å². The van der Waals surface area contributed by atoms with Crippen molar-refractivity contribution in [2.45, 2.75) is 63.8 Å². The summed E-state index contributed by atoms with van der Waals surface area (Å²) in [5.41, 5.74) is 2.29. The molecule has 0 bridgehead atoms. The van der Waals surface area contributed by atoms with E-state index >= 15 is 0 Å². The smallest absolute Gasteiger partial charge is 0.243 e. The van der Waals surface area contributed by atoms with E-state index in [9.17, 15) is 0 Å². The van der Waals surface area contributed by atoms with Crippen molar-refractivity contribution < 1.29 is 0 Å². The Bertz CT molecular complexity index is 385. The molecule has 92 valence electrons. The van der Waals surface area contributed by atoms with Crippen LogP contribution in [-0.2, 0) is 12.8 Å². The number of hydrogen-bond acceptors (Lipinski definition) is 4. The van der Waals surface area contributed by atoms with Crippen molar-refractivity contribution in [1.29, 1.82) is 0 Å². The van der Waals surface area contributed by atoms with Crippen LogP contribution in [0.15, 0.2) is 0 Å². The summed E-state index contributed by atoms with van der Waals surface area (Å²) in [7, 11) is 0. The molecule has 1 heterocycles. The van der Waals surface area contributed by atoms with Gasteiger partial charge in [0, 0.05) is 6.04 Å². The van der Waals surface area contributed by atoms with Gasteiger partial charge in [0.25, 0.3) is 0 Å². The Morgan fingerprint density at radius 3 is 2.41 bits per heavy atom. The van der Waals surface area contributed by atoms with E-state index in [2.05, 4.69) is 20.5 Å². The predicted octanol–water partition coefficient (Wildman–Crippen LogP) is 2.50. The number of nitrogens with zero attached hydrogens (tertiary/aromatic N) is 3. The largest absolute Gasteiger partial charge is 0.350 e. The zero-order valence-corrected chi connectivity index (χ0v) is 10.3. The molecule has 0 amide bonds. The molecule has 2 aliphatic rings. The Hall–Kier alpha value is -1.19. The highest BCUT2D eigenvalue weighted by atomic mass is 15.2. The summed E-state index contributed by atoms with van der Waals surface area (Å²) >= 11 is 0. The van der Waals surface area contributed by atoms with E-state index in [1.165, 1.54) is 50.6 Å². The van der Waals surface area contributed by atoms with Gasteiger partial charge in [0.1, 0.15) is 0 Å². The number of aromatic nitrogens is 3. The first-order valence-electron chi connectivity index (χ1n) is 6.91. The van der Waals surface area contributed by atoms with Gasteiger partial charge in [0.05, 0.1) is 11.4 Å². The lowest BCUT2D eigenvalue weighted by molar-refractivity contribution is 0.459. The Kier molecular flexibility index (Phi) is 3.20. The van der Waals surface area contributed by atoms with Gasteiger partial charge < -0.3 is 5.32 Å². The summed E-state index contributed by atoms with van der Waals surface area (Å²) in [4.78, 5) is 4.62. The maximum atomic E-state index is 4.62. The van der Waals surface area contributed by atoms with Gasteiger partial charge in [-0.05, 0) is 38.5 Å². The van der Waals surface area contributed by atoms with Crippen molar-refractivity contribution in [1.82, 2.24) is 15.2 Å². The fourth-order valence-electron chi connectivity index (χ4n) is 2.85. The van der Waals surface area contributed by atoms with Gasteiger partial charge in [-0.25, -0.2) is 4.98 Å². The lowest BCUT2D eigenvalue weighted by Crippen LogP contribution is -2.24. The first-order chi connectivity index (χ1) is 8.42. The molecule has 17 heavy (non-hydrogen) atoms. The highest BCUT2D eigenvalue weighted by Gasteiger charge is 2.17. The molecule has 0 unspecified atom stereocenters. The quantitative estimate of drug-likeness (QED) is 0.851. The van der Waals surface area contributed by atoms with Gasteiger partial charge in [-0.3, -0.25) is 0 Å². The lowest BCUT2D eigenvalue weighted by atomic mass is 9.96. The molecule has 0 saturated heterocycles. The summed E-state index contributed by atoms with van der Waals surface area (Å²) in [6.07, 6.45) is 11.1. The standard InChI is InChI=1S/C13H20N4/c1-2-6-10(7-3-1)14-13-15-11-8-4-5-9-12(11)16-17-13/h10H,1-9H2,(H,14,15,17). The maximum Gasteiger partial charge on any atom is 0.243 e. The van der Waals surface area contributed by atoms with Crippen LogP contribution in [0.3, 0.4) is 0 Å². The molecule has 0 spiro atoms. The van der Waals surface area contributed by atoms with Crippen molar-refractivity contribution in [3.05, 3.63) is 11.4 Å². The number of nitrogens with one attached hydrogen (secondary N) is 1. The minimum Gasteiger partial charge on any atom is -0.350 e. The average molecular weight is 232 g/mol. The Labute approximate surface area is 102 Å². The third-order valence-electron chi connectivity index (χ3n) is 3.85. The van der Waals surface area contributed by atoms with Crippen LogP contribution in [0.1, 0.15) is 56.3 Å². The van der Waals surface area contributed by atoms with E-state index in [-0.39, 0.29) is 0 Å². The molecular weight excluding hydrogens is 212 g/mol. The third-order valence-corrected chi connectivity index (χ3v) is 3.85. The number of rotatable bonds is 2. The van der Waals surface area contributed by atoms with Gasteiger partial charge in [-0.2, -0.15) is 0 Å². The van der Waals surface area contributed by atoms with E-state index in [4.69, 9.17) is 0 Å². The zero-order chi connectivity index (χ0) is 11.5. The molecule has 1 aromatic rings. The zero-order valence-electron chi connectivity index (χ0n) is 10.3. The SMILES string of the molecule is C1CCC(Nc2nnc3c(n2)CCCC3)CC1. The predicted molar refractivity (Wildman–Crippen MR) is 67.0 cm³/mol. The summed E-state index contributed by atoms with van der Waals surface area (Å²) in [6, 6.07) is 0.562. The van der Waals surface area contributed by atoms with Crippen LogP contribution in [0.5, 0.6) is 0 Å². The molecule has 1 saturated carbocycles. The fraction of sp³-hybridized carbons (Fsp3) is 0.769. The van der Waals surface area contributed by atoms with Crippen LogP contribution in [-0.4, -0.2) is 21.2 Å². The van der Waals surface area contributed by atoms with Crippen LogP contribution in [0.25, 0.3) is 0 Å². The van der Waals surface area contributed by atoms with Crippen molar-refractivity contribution in [2.75, 3.05) is 5.32 Å². The molecule has 0 atom stereocenters. The molecule has 1 fully saturated rings. The minimum absolute atomic E-state index is 0.562. The molecule has 4 heteroatoms. The number of fused-ring (bicyclic) bond motifs is 1. The van der Waals surface area contributed by atoms with E-state index in [1.807, 2.05) is 0 Å². The molecule has 2 aliphatic carbocycles. The Morgan fingerprint density at radius 2 is 1.59 bits per heavy atom. The van der Waals surface area contributed by atoms with Crippen LogP contribution in [0.4, 0.5) is 5.95 Å². The van der Waals surface area contributed by atoms with E-state index < -0.39 is 0 Å². The van der Waals surface area contributed by atoms with Crippen LogP contribution >= 0.6 is 0 Å². The van der Waals surface area contributed by atoms with Gasteiger partial charge in [0.15, 0.2) is 0 Å². The van der Waals surface area contributed by atoms with Gasteiger partial charge >= 0.3 is 0 Å². The topological polar surface area (TPSA) is 50.7 Å². The molecule has 3 rings (SSSR count).